The molecule has 1 heterocycles. The van der Waals surface area contributed by atoms with Gasteiger partial charge in [0.15, 0.2) is 0 Å². The van der Waals surface area contributed by atoms with Crippen LogP contribution < -0.4 is 5.73 Å². The van der Waals surface area contributed by atoms with Crippen molar-refractivity contribution in [3.8, 4) is 0 Å². The Kier molecular flexibility index (Phi) is 4.63. The summed E-state index contributed by atoms with van der Waals surface area (Å²) in [5, 5.41) is 0. The highest BCUT2D eigenvalue weighted by Gasteiger charge is 2.33. The van der Waals surface area contributed by atoms with Gasteiger partial charge in [-0.1, -0.05) is 32.9 Å². The van der Waals surface area contributed by atoms with Crippen LogP contribution in [0.25, 0.3) is 0 Å². The Balaban J connectivity index is 2.00. The predicted molar refractivity (Wildman–Crippen MR) is 87.2 cm³/mol. The minimum atomic E-state index is -3.23. The lowest BCUT2D eigenvalue weighted by atomic mass is 9.76. The Bertz CT molecular complexity index is 565. The molecule has 0 bridgehead atoms. The van der Waals surface area contributed by atoms with E-state index in [2.05, 4.69) is 20.8 Å². The lowest BCUT2D eigenvalue weighted by Gasteiger charge is -2.38. The maximum atomic E-state index is 12.5. The summed E-state index contributed by atoms with van der Waals surface area (Å²) in [6, 6.07) is 7.07. The number of hydrogen-bond donors (Lipinski definition) is 1. The van der Waals surface area contributed by atoms with E-state index in [4.69, 9.17) is 5.73 Å². The first-order chi connectivity index (χ1) is 9.68. The van der Waals surface area contributed by atoms with Gasteiger partial charge in [0, 0.05) is 18.8 Å². The molecular formula is C16H26N2O2S. The van der Waals surface area contributed by atoms with Crippen molar-refractivity contribution in [1.29, 1.82) is 0 Å². The largest absolute Gasteiger partial charge is 0.399 e. The van der Waals surface area contributed by atoms with Gasteiger partial charge in [-0.25, -0.2) is 12.7 Å². The average Bonchev–Trinajstić information content (AvgIpc) is 2.40. The molecule has 118 valence electrons. The van der Waals surface area contributed by atoms with E-state index < -0.39 is 10.0 Å². The summed E-state index contributed by atoms with van der Waals surface area (Å²) in [7, 11) is -3.23. The van der Waals surface area contributed by atoms with Gasteiger partial charge in [0.05, 0.1) is 5.75 Å². The van der Waals surface area contributed by atoms with E-state index in [1.165, 1.54) is 0 Å². The van der Waals surface area contributed by atoms with Crippen molar-refractivity contribution in [3.05, 3.63) is 29.8 Å². The molecule has 0 aliphatic carbocycles. The first kappa shape index (κ1) is 16.3. The number of anilines is 1. The lowest BCUT2D eigenvalue weighted by molar-refractivity contribution is 0.154. The molecule has 1 saturated heterocycles. The van der Waals surface area contributed by atoms with Crippen molar-refractivity contribution in [2.24, 2.45) is 11.3 Å². The summed E-state index contributed by atoms with van der Waals surface area (Å²) in [5.74, 6) is 0.661. The third-order valence-electron chi connectivity index (χ3n) is 4.40. The molecule has 1 aliphatic rings. The van der Waals surface area contributed by atoms with Crippen molar-refractivity contribution in [2.75, 3.05) is 18.8 Å². The zero-order valence-electron chi connectivity index (χ0n) is 13.2. The number of piperidine rings is 1. The highest BCUT2D eigenvalue weighted by atomic mass is 32.2. The fraction of sp³-hybridized carbons (Fsp3) is 0.625. The number of hydrogen-bond acceptors (Lipinski definition) is 3. The second-order valence-corrected chi connectivity index (χ2v) is 9.01. The van der Waals surface area contributed by atoms with Gasteiger partial charge >= 0.3 is 0 Å². The Hall–Kier alpha value is -1.07. The van der Waals surface area contributed by atoms with Gasteiger partial charge in [0.1, 0.15) is 0 Å². The fourth-order valence-electron chi connectivity index (χ4n) is 2.92. The molecule has 5 heteroatoms. The van der Waals surface area contributed by atoms with Crippen molar-refractivity contribution in [2.45, 2.75) is 39.4 Å². The first-order valence-corrected chi connectivity index (χ1v) is 9.11. The van der Waals surface area contributed by atoms with Crippen molar-refractivity contribution >= 4 is 15.7 Å². The normalized spacial score (nSPS) is 18.8. The number of rotatable bonds is 3. The monoisotopic (exact) mass is 310 g/mol. The molecule has 4 nitrogen and oxygen atoms in total. The second-order valence-electron chi connectivity index (χ2n) is 7.04. The summed E-state index contributed by atoms with van der Waals surface area (Å²) in [6.07, 6.45) is 1.90. The number of nitrogens with zero attached hydrogens (tertiary/aromatic N) is 1. The minimum absolute atomic E-state index is 0.0630. The summed E-state index contributed by atoms with van der Waals surface area (Å²) in [6.45, 7) is 7.97. The van der Waals surface area contributed by atoms with E-state index in [0.29, 0.717) is 24.7 Å². The molecule has 21 heavy (non-hydrogen) atoms. The van der Waals surface area contributed by atoms with Crippen LogP contribution in [0.1, 0.15) is 39.2 Å². The van der Waals surface area contributed by atoms with E-state index in [1.54, 1.807) is 28.6 Å². The van der Waals surface area contributed by atoms with Crippen LogP contribution in [0.4, 0.5) is 5.69 Å². The van der Waals surface area contributed by atoms with Gasteiger partial charge in [0.2, 0.25) is 10.0 Å². The second kappa shape index (κ2) is 5.97. The molecule has 0 aromatic heterocycles. The smallest absolute Gasteiger partial charge is 0.218 e. The highest BCUT2D eigenvalue weighted by molar-refractivity contribution is 7.88. The number of nitrogens with two attached hydrogens (primary N) is 1. The van der Waals surface area contributed by atoms with E-state index in [0.717, 1.165) is 18.4 Å². The van der Waals surface area contributed by atoms with Crippen LogP contribution in [0.2, 0.25) is 0 Å². The van der Waals surface area contributed by atoms with Crippen LogP contribution >= 0.6 is 0 Å². The van der Waals surface area contributed by atoms with Crippen molar-refractivity contribution < 1.29 is 8.42 Å². The minimum Gasteiger partial charge on any atom is -0.399 e. The third kappa shape index (κ3) is 4.20. The Morgan fingerprint density at radius 3 is 2.14 bits per heavy atom. The summed E-state index contributed by atoms with van der Waals surface area (Å²) in [5.41, 5.74) is 7.33. The summed E-state index contributed by atoms with van der Waals surface area (Å²) in [4.78, 5) is 0. The molecule has 0 radical (unpaired) electrons. The van der Waals surface area contributed by atoms with Gasteiger partial charge in [-0.05, 0) is 41.9 Å². The molecule has 1 aromatic rings. The van der Waals surface area contributed by atoms with Gasteiger partial charge in [-0.15, -0.1) is 0 Å². The molecular weight excluding hydrogens is 284 g/mol. The van der Waals surface area contributed by atoms with E-state index in [1.807, 2.05) is 0 Å². The SMILES string of the molecule is CC(C)(C)C1CCN(S(=O)(=O)Cc2ccc(N)cc2)CC1. The third-order valence-corrected chi connectivity index (χ3v) is 6.25. The average molecular weight is 310 g/mol. The molecule has 1 fully saturated rings. The van der Waals surface area contributed by atoms with Crippen molar-refractivity contribution in [1.82, 2.24) is 4.31 Å². The molecule has 2 N–H and O–H groups in total. The maximum Gasteiger partial charge on any atom is 0.218 e. The predicted octanol–water partition coefficient (Wildman–Crippen LogP) is 2.86. The Morgan fingerprint density at radius 2 is 1.67 bits per heavy atom. The lowest BCUT2D eigenvalue weighted by Crippen LogP contribution is -2.41. The molecule has 1 aliphatic heterocycles. The maximum absolute atomic E-state index is 12.5. The number of nitrogen functional groups attached to an aromatic ring is 1. The summed E-state index contributed by atoms with van der Waals surface area (Å²) >= 11 is 0. The topological polar surface area (TPSA) is 63.4 Å². The molecule has 0 unspecified atom stereocenters. The standard InChI is InChI=1S/C16H26N2O2S/c1-16(2,3)14-8-10-18(11-9-14)21(19,20)12-13-4-6-15(17)7-5-13/h4-7,14H,8-12,17H2,1-3H3. The molecule has 0 spiro atoms. The number of benzene rings is 1. The highest BCUT2D eigenvalue weighted by Crippen LogP contribution is 2.35. The van der Waals surface area contributed by atoms with E-state index >= 15 is 0 Å². The number of sulfonamides is 1. The van der Waals surface area contributed by atoms with Crippen LogP contribution in [0, 0.1) is 11.3 Å². The van der Waals surface area contributed by atoms with Gasteiger partial charge in [0.25, 0.3) is 0 Å². The van der Waals surface area contributed by atoms with Crippen LogP contribution in [0.5, 0.6) is 0 Å². The molecule has 0 atom stereocenters. The van der Waals surface area contributed by atoms with Crippen LogP contribution in [0.15, 0.2) is 24.3 Å². The Labute approximate surface area is 128 Å². The summed E-state index contributed by atoms with van der Waals surface area (Å²) < 4.78 is 26.6. The fourth-order valence-corrected chi connectivity index (χ4v) is 4.48. The molecule has 1 aromatic carbocycles. The van der Waals surface area contributed by atoms with Gasteiger partial charge < -0.3 is 5.73 Å². The van der Waals surface area contributed by atoms with E-state index in [-0.39, 0.29) is 11.2 Å². The van der Waals surface area contributed by atoms with Gasteiger partial charge in [-0.3, -0.25) is 0 Å². The zero-order chi connectivity index (χ0) is 15.7. The van der Waals surface area contributed by atoms with Crippen LogP contribution in [0.3, 0.4) is 0 Å². The van der Waals surface area contributed by atoms with Crippen LogP contribution in [-0.4, -0.2) is 25.8 Å². The zero-order valence-corrected chi connectivity index (χ0v) is 14.0. The molecule has 0 amide bonds. The first-order valence-electron chi connectivity index (χ1n) is 7.51. The molecule has 0 saturated carbocycles. The van der Waals surface area contributed by atoms with Crippen molar-refractivity contribution in [3.63, 3.8) is 0 Å². The van der Waals surface area contributed by atoms with E-state index in [9.17, 15) is 8.42 Å². The molecule has 2 rings (SSSR count). The van der Waals surface area contributed by atoms with Crippen LogP contribution in [-0.2, 0) is 15.8 Å². The quantitative estimate of drug-likeness (QED) is 0.873. The van der Waals surface area contributed by atoms with Gasteiger partial charge in [-0.2, -0.15) is 0 Å². The Morgan fingerprint density at radius 1 is 1.14 bits per heavy atom.